The van der Waals surface area contributed by atoms with Crippen molar-refractivity contribution in [3.8, 4) is 0 Å². The summed E-state index contributed by atoms with van der Waals surface area (Å²) in [7, 11) is 0. The molecule has 1 rings (SSSR count). The van der Waals surface area contributed by atoms with Gasteiger partial charge in [0.15, 0.2) is 6.33 Å². The summed E-state index contributed by atoms with van der Waals surface area (Å²) in [4.78, 5) is 15.0. The number of rotatable bonds is 2. The molecular weight excluding hydrogens is 170 g/mol. The summed E-state index contributed by atoms with van der Waals surface area (Å²) in [6, 6.07) is 0. The molecule has 0 bridgehead atoms. The Morgan fingerprint density at radius 1 is 1.62 bits per heavy atom. The second kappa shape index (κ2) is 3.16. The average molecular weight is 183 g/mol. The molecule has 5 heteroatoms. The van der Waals surface area contributed by atoms with Crippen LogP contribution >= 0.6 is 0 Å². The second-order valence-electron chi connectivity index (χ2n) is 3.98. The number of carbonyl (C=O) groups is 1. The Kier molecular flexibility index (Phi) is 2.36. The van der Waals surface area contributed by atoms with Crippen LogP contribution in [0.25, 0.3) is 0 Å². The molecule has 1 heterocycles. The van der Waals surface area contributed by atoms with Crippen LogP contribution in [-0.2, 0) is 4.79 Å². The highest BCUT2D eigenvalue weighted by Crippen LogP contribution is 2.33. The lowest BCUT2D eigenvalue weighted by atomic mass is 9.80. The Balaban J connectivity index is 3.01. The van der Waals surface area contributed by atoms with E-state index in [0.29, 0.717) is 0 Å². The molecule has 0 aliphatic rings. The molecule has 2 N–H and O–H groups in total. The van der Waals surface area contributed by atoms with Crippen LogP contribution in [-0.4, -0.2) is 16.0 Å². The molecule has 0 radical (unpaired) electrons. The predicted molar refractivity (Wildman–Crippen MR) is 45.7 cm³/mol. The zero-order valence-electron chi connectivity index (χ0n) is 7.94. The van der Waals surface area contributed by atoms with E-state index in [9.17, 15) is 4.79 Å². The summed E-state index contributed by atoms with van der Waals surface area (Å²) < 4.78 is 4.82. The van der Waals surface area contributed by atoms with E-state index in [1.54, 1.807) is 0 Å². The van der Waals surface area contributed by atoms with Gasteiger partial charge in [0.2, 0.25) is 11.8 Å². The summed E-state index contributed by atoms with van der Waals surface area (Å²) in [5.74, 6) is -0.702. The van der Waals surface area contributed by atoms with Gasteiger partial charge in [-0.1, -0.05) is 25.9 Å². The number of hydrogen-bond donors (Lipinski definition) is 1. The lowest BCUT2D eigenvalue weighted by Crippen LogP contribution is -2.32. The van der Waals surface area contributed by atoms with Crippen molar-refractivity contribution in [1.82, 2.24) is 10.1 Å². The van der Waals surface area contributed by atoms with Crippen molar-refractivity contribution in [2.75, 3.05) is 0 Å². The Morgan fingerprint density at radius 3 is 2.54 bits per heavy atom. The van der Waals surface area contributed by atoms with Crippen molar-refractivity contribution in [2.24, 2.45) is 11.1 Å². The fraction of sp³-hybridized carbons (Fsp3) is 0.625. The molecule has 72 valence electrons. The molecule has 0 aliphatic heterocycles. The zero-order chi connectivity index (χ0) is 10.1. The summed E-state index contributed by atoms with van der Waals surface area (Å²) in [6.45, 7) is 5.69. The molecule has 0 aromatic carbocycles. The maximum absolute atomic E-state index is 11.1. The van der Waals surface area contributed by atoms with Gasteiger partial charge in [-0.15, -0.1) is 0 Å². The summed E-state index contributed by atoms with van der Waals surface area (Å²) >= 11 is 0. The fourth-order valence-corrected chi connectivity index (χ4v) is 1.23. The molecule has 0 saturated carbocycles. The molecule has 0 saturated heterocycles. The summed E-state index contributed by atoms with van der Waals surface area (Å²) in [6.07, 6.45) is 1.26. The van der Waals surface area contributed by atoms with Gasteiger partial charge >= 0.3 is 0 Å². The second-order valence-corrected chi connectivity index (χ2v) is 3.98. The van der Waals surface area contributed by atoms with E-state index in [1.165, 1.54) is 6.33 Å². The number of aromatic nitrogens is 2. The third-order valence-electron chi connectivity index (χ3n) is 1.78. The molecule has 1 aromatic rings. The number of nitrogens with zero attached hydrogens (tertiary/aromatic N) is 2. The van der Waals surface area contributed by atoms with Crippen LogP contribution in [0.15, 0.2) is 10.9 Å². The van der Waals surface area contributed by atoms with Crippen molar-refractivity contribution in [3.05, 3.63) is 12.2 Å². The van der Waals surface area contributed by atoms with E-state index in [4.69, 9.17) is 10.3 Å². The molecule has 1 aromatic heterocycles. The molecule has 5 nitrogen and oxygen atoms in total. The third-order valence-corrected chi connectivity index (χ3v) is 1.78. The Hall–Kier alpha value is -1.39. The molecule has 0 aliphatic carbocycles. The smallest absolute Gasteiger partial charge is 0.239 e. The first kappa shape index (κ1) is 9.70. The highest BCUT2D eigenvalue weighted by atomic mass is 16.5. The Labute approximate surface area is 76.3 Å². The van der Waals surface area contributed by atoms with E-state index in [1.807, 2.05) is 20.8 Å². The third kappa shape index (κ3) is 2.05. The van der Waals surface area contributed by atoms with Crippen molar-refractivity contribution in [1.29, 1.82) is 0 Å². The van der Waals surface area contributed by atoms with Gasteiger partial charge in [0.25, 0.3) is 0 Å². The van der Waals surface area contributed by atoms with Crippen LogP contribution in [0.4, 0.5) is 0 Å². The van der Waals surface area contributed by atoms with E-state index < -0.39 is 11.8 Å². The van der Waals surface area contributed by atoms with Crippen LogP contribution in [0, 0.1) is 5.41 Å². The minimum Gasteiger partial charge on any atom is -0.369 e. The van der Waals surface area contributed by atoms with Gasteiger partial charge in [0.05, 0.1) is 0 Å². The topological polar surface area (TPSA) is 82.0 Å². The number of carbonyl (C=O) groups excluding carboxylic acids is 1. The first-order valence-electron chi connectivity index (χ1n) is 3.99. The van der Waals surface area contributed by atoms with Crippen LogP contribution in [0.3, 0.4) is 0 Å². The summed E-state index contributed by atoms with van der Waals surface area (Å²) in [5.41, 5.74) is 4.94. The number of nitrogens with two attached hydrogens (primary N) is 1. The predicted octanol–water partition coefficient (Wildman–Crippen LogP) is 0.685. The normalized spacial score (nSPS) is 14.1. The first-order chi connectivity index (χ1) is 5.93. The van der Waals surface area contributed by atoms with E-state index in [0.717, 1.165) is 0 Å². The largest absolute Gasteiger partial charge is 0.369 e. The van der Waals surface area contributed by atoms with Crippen molar-refractivity contribution in [2.45, 2.75) is 26.7 Å². The monoisotopic (exact) mass is 183 g/mol. The van der Waals surface area contributed by atoms with E-state index in [2.05, 4.69) is 10.1 Å². The quantitative estimate of drug-likeness (QED) is 0.731. The minimum absolute atomic E-state index is 0.278. The molecule has 0 spiro atoms. The molecule has 1 atom stereocenters. The lowest BCUT2D eigenvalue weighted by Gasteiger charge is -2.24. The minimum atomic E-state index is -0.532. The number of hydrogen-bond acceptors (Lipinski definition) is 4. The standard InChI is InChI=1S/C8H13N3O2/c1-8(2,3)5(6(9)12)7-10-4-11-13-7/h4-5H,1-3H3,(H2,9,12). The Bertz CT molecular complexity index is 287. The fourth-order valence-electron chi connectivity index (χ4n) is 1.23. The van der Waals surface area contributed by atoms with E-state index >= 15 is 0 Å². The zero-order valence-corrected chi connectivity index (χ0v) is 7.94. The van der Waals surface area contributed by atoms with Gasteiger partial charge < -0.3 is 10.3 Å². The first-order valence-corrected chi connectivity index (χ1v) is 3.99. The molecule has 0 fully saturated rings. The number of primary amides is 1. The van der Waals surface area contributed by atoms with Gasteiger partial charge in [-0.25, -0.2) is 0 Å². The number of amides is 1. The maximum Gasteiger partial charge on any atom is 0.239 e. The van der Waals surface area contributed by atoms with Gasteiger partial charge in [0, 0.05) is 0 Å². The van der Waals surface area contributed by atoms with Crippen LogP contribution in [0.5, 0.6) is 0 Å². The highest BCUT2D eigenvalue weighted by Gasteiger charge is 2.35. The SMILES string of the molecule is CC(C)(C)C(C(N)=O)c1ncno1. The van der Waals surface area contributed by atoms with Gasteiger partial charge in [-0.3, -0.25) is 4.79 Å². The molecule has 1 amide bonds. The molecular formula is C8H13N3O2. The molecule has 13 heavy (non-hydrogen) atoms. The lowest BCUT2D eigenvalue weighted by molar-refractivity contribution is -0.122. The summed E-state index contributed by atoms with van der Waals surface area (Å²) in [5, 5.41) is 3.45. The van der Waals surface area contributed by atoms with Crippen LogP contribution in [0.1, 0.15) is 32.6 Å². The van der Waals surface area contributed by atoms with Gasteiger partial charge in [-0.2, -0.15) is 4.98 Å². The Morgan fingerprint density at radius 2 is 2.23 bits per heavy atom. The van der Waals surface area contributed by atoms with E-state index in [-0.39, 0.29) is 11.3 Å². The van der Waals surface area contributed by atoms with Crippen LogP contribution < -0.4 is 5.73 Å². The van der Waals surface area contributed by atoms with Crippen molar-refractivity contribution < 1.29 is 9.32 Å². The maximum atomic E-state index is 11.1. The van der Waals surface area contributed by atoms with Crippen molar-refractivity contribution in [3.63, 3.8) is 0 Å². The van der Waals surface area contributed by atoms with Crippen molar-refractivity contribution >= 4 is 5.91 Å². The molecule has 1 unspecified atom stereocenters. The average Bonchev–Trinajstić information content (AvgIpc) is 2.34. The van der Waals surface area contributed by atoms with Gasteiger partial charge in [0.1, 0.15) is 5.92 Å². The highest BCUT2D eigenvalue weighted by molar-refractivity contribution is 5.81. The van der Waals surface area contributed by atoms with Gasteiger partial charge in [-0.05, 0) is 5.41 Å². The van der Waals surface area contributed by atoms with Crippen LogP contribution in [0.2, 0.25) is 0 Å².